The van der Waals surface area contributed by atoms with Gasteiger partial charge in [-0.15, -0.1) is 11.3 Å². The first-order valence-electron chi connectivity index (χ1n) is 9.25. The number of benzene rings is 1. The van der Waals surface area contributed by atoms with Crippen molar-refractivity contribution in [2.75, 3.05) is 19.7 Å². The zero-order valence-corrected chi connectivity index (χ0v) is 16.4. The Bertz CT molecular complexity index is 945. The third-order valence-corrected chi connectivity index (χ3v) is 5.41. The van der Waals surface area contributed by atoms with Crippen molar-refractivity contribution in [3.8, 4) is 22.2 Å². The summed E-state index contributed by atoms with van der Waals surface area (Å²) < 4.78 is 11.7. The molecule has 1 aliphatic heterocycles. The van der Waals surface area contributed by atoms with E-state index in [9.17, 15) is 4.79 Å². The van der Waals surface area contributed by atoms with Gasteiger partial charge in [0.2, 0.25) is 5.91 Å². The number of fused-ring (bicyclic) bond motifs is 1. The van der Waals surface area contributed by atoms with Gasteiger partial charge in [0, 0.05) is 18.1 Å². The van der Waals surface area contributed by atoms with Crippen LogP contribution in [0.5, 0.6) is 11.5 Å². The molecule has 1 unspecified atom stereocenters. The van der Waals surface area contributed by atoms with E-state index < -0.39 is 0 Å². The Morgan fingerprint density at radius 1 is 1.21 bits per heavy atom. The van der Waals surface area contributed by atoms with Gasteiger partial charge >= 0.3 is 0 Å². The Morgan fingerprint density at radius 2 is 2.04 bits per heavy atom. The molecule has 28 heavy (non-hydrogen) atoms. The fourth-order valence-corrected chi connectivity index (χ4v) is 3.86. The van der Waals surface area contributed by atoms with Crippen molar-refractivity contribution in [2.45, 2.75) is 19.4 Å². The zero-order valence-electron chi connectivity index (χ0n) is 15.6. The zero-order chi connectivity index (χ0) is 19.3. The minimum absolute atomic E-state index is 0.0304. The average molecular weight is 395 g/mol. The van der Waals surface area contributed by atoms with Crippen LogP contribution < -0.4 is 9.47 Å². The van der Waals surface area contributed by atoms with Gasteiger partial charge in [0.25, 0.3) is 0 Å². The van der Waals surface area contributed by atoms with Gasteiger partial charge in [0.15, 0.2) is 17.6 Å². The predicted octanol–water partition coefficient (Wildman–Crippen LogP) is 3.44. The smallest absolute Gasteiger partial charge is 0.228 e. The third-order valence-electron chi connectivity index (χ3n) is 4.49. The number of para-hydroxylation sites is 2. The van der Waals surface area contributed by atoms with Crippen LogP contribution in [0.25, 0.3) is 10.7 Å². The Labute approximate surface area is 167 Å². The van der Waals surface area contributed by atoms with Gasteiger partial charge in [-0.05, 0) is 31.2 Å². The van der Waals surface area contributed by atoms with Crippen molar-refractivity contribution < 1.29 is 14.3 Å². The molecular weight excluding hydrogens is 374 g/mol. The maximum atomic E-state index is 12.8. The molecule has 3 heterocycles. The van der Waals surface area contributed by atoms with Crippen LogP contribution in [0.2, 0.25) is 0 Å². The summed E-state index contributed by atoms with van der Waals surface area (Å²) in [7, 11) is 0. The van der Waals surface area contributed by atoms with Crippen LogP contribution in [0.15, 0.2) is 54.0 Å². The number of hydrogen-bond donors (Lipinski definition) is 0. The fourth-order valence-electron chi connectivity index (χ4n) is 3.07. The lowest BCUT2D eigenvalue weighted by Gasteiger charge is -2.30. The van der Waals surface area contributed by atoms with Crippen LogP contribution >= 0.6 is 11.3 Å². The Kier molecular flexibility index (Phi) is 5.53. The van der Waals surface area contributed by atoms with E-state index in [-0.39, 0.29) is 18.4 Å². The van der Waals surface area contributed by atoms with Gasteiger partial charge in [-0.2, -0.15) is 0 Å². The molecule has 0 saturated carbocycles. The molecule has 1 aliphatic rings. The molecule has 1 aromatic carbocycles. The van der Waals surface area contributed by atoms with Crippen LogP contribution in [-0.4, -0.2) is 46.6 Å². The molecule has 6 nitrogen and oxygen atoms in total. The second-order valence-electron chi connectivity index (χ2n) is 6.47. The number of aromatic nitrogens is 2. The number of rotatable bonds is 6. The highest BCUT2D eigenvalue weighted by atomic mass is 32.1. The summed E-state index contributed by atoms with van der Waals surface area (Å²) in [6.45, 7) is 3.50. The molecule has 1 amide bonds. The normalized spacial score (nSPS) is 15.2. The topological polar surface area (TPSA) is 64.6 Å². The van der Waals surface area contributed by atoms with Gasteiger partial charge in [-0.25, -0.2) is 4.98 Å². The van der Waals surface area contributed by atoms with Crippen molar-refractivity contribution in [3.63, 3.8) is 0 Å². The molecule has 1 atom stereocenters. The molecule has 2 aromatic heterocycles. The summed E-state index contributed by atoms with van der Waals surface area (Å²) in [6.07, 6.45) is 1.82. The Balaban J connectivity index is 1.38. The van der Waals surface area contributed by atoms with E-state index >= 15 is 0 Å². The van der Waals surface area contributed by atoms with Crippen LogP contribution in [0, 0.1) is 0 Å². The molecule has 0 N–H and O–H groups in total. The lowest BCUT2D eigenvalue weighted by Crippen LogP contribution is -2.44. The number of hydrogen-bond acceptors (Lipinski definition) is 6. The highest BCUT2D eigenvalue weighted by Crippen LogP contribution is 2.31. The molecule has 0 aliphatic carbocycles. The predicted molar refractivity (Wildman–Crippen MR) is 108 cm³/mol. The molecule has 4 rings (SSSR count). The van der Waals surface area contributed by atoms with Crippen molar-refractivity contribution in [1.29, 1.82) is 0 Å². The SMILES string of the molecule is CCN(CC1COc2ccccc2O1)C(=O)Cc1csc(-c2ccccn2)n1. The Hall–Kier alpha value is -2.93. The third kappa shape index (κ3) is 4.14. The van der Waals surface area contributed by atoms with Gasteiger partial charge < -0.3 is 14.4 Å². The quantitative estimate of drug-likeness (QED) is 0.640. The van der Waals surface area contributed by atoms with Crippen LogP contribution in [0.3, 0.4) is 0 Å². The first kappa shape index (κ1) is 18.4. The first-order chi connectivity index (χ1) is 13.7. The largest absolute Gasteiger partial charge is 0.486 e. The first-order valence-corrected chi connectivity index (χ1v) is 10.1. The second-order valence-corrected chi connectivity index (χ2v) is 7.32. The van der Waals surface area contributed by atoms with Crippen LogP contribution in [-0.2, 0) is 11.2 Å². The molecule has 0 fully saturated rings. The van der Waals surface area contributed by atoms with E-state index in [1.807, 2.05) is 54.8 Å². The number of ether oxygens (including phenoxy) is 2. The summed E-state index contributed by atoms with van der Waals surface area (Å²) in [5.74, 6) is 1.50. The van der Waals surface area contributed by atoms with Crippen LogP contribution in [0.1, 0.15) is 12.6 Å². The number of likely N-dealkylation sites (N-methyl/N-ethyl adjacent to an activating group) is 1. The van der Waals surface area contributed by atoms with Crippen molar-refractivity contribution >= 4 is 17.2 Å². The minimum atomic E-state index is -0.182. The van der Waals surface area contributed by atoms with E-state index in [2.05, 4.69) is 9.97 Å². The molecular formula is C21H21N3O3S. The maximum Gasteiger partial charge on any atom is 0.228 e. The summed E-state index contributed by atoms with van der Waals surface area (Å²) in [5.41, 5.74) is 1.59. The van der Waals surface area contributed by atoms with E-state index in [0.717, 1.165) is 27.9 Å². The lowest BCUT2D eigenvalue weighted by atomic mass is 10.2. The molecule has 0 bridgehead atoms. The second kappa shape index (κ2) is 8.39. The molecule has 7 heteroatoms. The van der Waals surface area contributed by atoms with E-state index in [4.69, 9.17) is 9.47 Å². The average Bonchev–Trinajstić information content (AvgIpc) is 3.21. The monoisotopic (exact) mass is 395 g/mol. The van der Waals surface area contributed by atoms with E-state index in [1.54, 1.807) is 11.1 Å². The van der Waals surface area contributed by atoms with E-state index in [0.29, 0.717) is 19.7 Å². The summed E-state index contributed by atoms with van der Waals surface area (Å²) in [6, 6.07) is 13.3. The number of thiazole rings is 1. The molecule has 0 saturated heterocycles. The number of nitrogens with zero attached hydrogens (tertiary/aromatic N) is 3. The highest BCUT2D eigenvalue weighted by Gasteiger charge is 2.25. The maximum absolute atomic E-state index is 12.8. The highest BCUT2D eigenvalue weighted by molar-refractivity contribution is 7.13. The summed E-state index contributed by atoms with van der Waals surface area (Å²) in [4.78, 5) is 23.5. The summed E-state index contributed by atoms with van der Waals surface area (Å²) in [5, 5.41) is 2.75. The van der Waals surface area contributed by atoms with Gasteiger partial charge in [-0.1, -0.05) is 18.2 Å². The lowest BCUT2D eigenvalue weighted by molar-refractivity contribution is -0.131. The van der Waals surface area contributed by atoms with Gasteiger partial charge in [-0.3, -0.25) is 9.78 Å². The van der Waals surface area contributed by atoms with Gasteiger partial charge in [0.05, 0.1) is 24.4 Å². The standard InChI is InChI=1S/C21H21N3O3S/c1-2-24(12-16-13-26-18-8-3-4-9-19(18)27-16)20(25)11-15-14-28-21(23-15)17-7-5-6-10-22-17/h3-10,14,16H,2,11-13H2,1H3. The molecule has 3 aromatic rings. The van der Waals surface area contributed by atoms with Crippen molar-refractivity contribution in [3.05, 3.63) is 59.7 Å². The molecule has 0 radical (unpaired) electrons. The number of pyridine rings is 1. The molecule has 144 valence electrons. The number of amides is 1. The molecule has 0 spiro atoms. The number of carbonyl (C=O) groups excluding carboxylic acids is 1. The minimum Gasteiger partial charge on any atom is -0.486 e. The van der Waals surface area contributed by atoms with Gasteiger partial charge in [0.1, 0.15) is 11.6 Å². The van der Waals surface area contributed by atoms with Crippen molar-refractivity contribution in [1.82, 2.24) is 14.9 Å². The fraction of sp³-hybridized carbons (Fsp3) is 0.286. The summed E-state index contributed by atoms with van der Waals surface area (Å²) >= 11 is 1.50. The van der Waals surface area contributed by atoms with Crippen LogP contribution in [0.4, 0.5) is 0 Å². The van der Waals surface area contributed by atoms with Crippen molar-refractivity contribution in [2.24, 2.45) is 0 Å². The Morgan fingerprint density at radius 3 is 2.82 bits per heavy atom. The van der Waals surface area contributed by atoms with E-state index in [1.165, 1.54) is 11.3 Å². The number of carbonyl (C=O) groups is 1.